The predicted octanol–water partition coefficient (Wildman–Crippen LogP) is 2.65. The molecule has 0 spiro atoms. The lowest BCUT2D eigenvalue weighted by atomic mass is 9.86. The Kier molecular flexibility index (Phi) is 5.63. The average molecular weight is 256 g/mol. The lowest BCUT2D eigenvalue weighted by Crippen LogP contribution is -2.68. The molecule has 0 aromatic carbocycles. The van der Waals surface area contributed by atoms with Gasteiger partial charge in [-0.25, -0.2) is 0 Å². The summed E-state index contributed by atoms with van der Waals surface area (Å²) in [7, 11) is 0. The predicted molar refractivity (Wildman–Crippen MR) is 78.1 cm³/mol. The van der Waals surface area contributed by atoms with E-state index in [1.165, 1.54) is 12.8 Å². The molecule has 2 unspecified atom stereocenters. The van der Waals surface area contributed by atoms with E-state index in [-0.39, 0.29) is 11.1 Å². The second-order valence-electron chi connectivity index (χ2n) is 6.46. The Bertz CT molecular complexity index is 257. The molecule has 0 aromatic rings. The van der Waals surface area contributed by atoms with E-state index in [1.807, 2.05) is 0 Å². The normalized spacial score (nSPS) is 34.2. The van der Waals surface area contributed by atoms with Crippen molar-refractivity contribution in [2.75, 3.05) is 26.2 Å². The fourth-order valence-electron chi connectivity index (χ4n) is 2.52. The van der Waals surface area contributed by atoms with Crippen LogP contribution in [-0.2, 0) is 4.74 Å². The molecule has 1 fully saturated rings. The summed E-state index contributed by atoms with van der Waals surface area (Å²) in [5.74, 6) is 0. The van der Waals surface area contributed by atoms with Gasteiger partial charge in [0.2, 0.25) is 0 Å². The van der Waals surface area contributed by atoms with Gasteiger partial charge >= 0.3 is 0 Å². The number of ether oxygens (including phenoxy) is 1. The fraction of sp³-hybridized carbons (Fsp3) is 1.00. The molecule has 3 nitrogen and oxygen atoms in total. The van der Waals surface area contributed by atoms with Gasteiger partial charge in [-0.2, -0.15) is 0 Å². The van der Waals surface area contributed by atoms with Crippen molar-refractivity contribution in [1.29, 1.82) is 0 Å². The lowest BCUT2D eigenvalue weighted by molar-refractivity contribution is -0.0158. The number of nitrogens with one attached hydrogen (secondary N) is 1. The van der Waals surface area contributed by atoms with Crippen molar-refractivity contribution in [3.8, 4) is 0 Å². The highest BCUT2D eigenvalue weighted by Crippen LogP contribution is 2.27. The minimum atomic E-state index is 0.256. The maximum Gasteiger partial charge on any atom is 0.0597 e. The van der Waals surface area contributed by atoms with Crippen molar-refractivity contribution < 1.29 is 4.74 Å². The number of hydrogen-bond donors (Lipinski definition) is 1. The minimum absolute atomic E-state index is 0.256. The molecule has 0 aromatic heterocycles. The fourth-order valence-corrected chi connectivity index (χ4v) is 2.52. The second-order valence-corrected chi connectivity index (χ2v) is 6.46. The van der Waals surface area contributed by atoms with Crippen LogP contribution in [0.1, 0.15) is 54.4 Å². The zero-order valence-electron chi connectivity index (χ0n) is 13.2. The molecule has 1 N–H and O–H groups in total. The first-order valence-corrected chi connectivity index (χ1v) is 7.47. The Morgan fingerprint density at radius 3 is 2.39 bits per heavy atom. The van der Waals surface area contributed by atoms with Crippen LogP contribution in [0.5, 0.6) is 0 Å². The van der Waals surface area contributed by atoms with Gasteiger partial charge in [0.05, 0.1) is 12.7 Å². The Hall–Kier alpha value is -0.120. The van der Waals surface area contributed by atoms with Crippen LogP contribution in [0.3, 0.4) is 0 Å². The van der Waals surface area contributed by atoms with Crippen molar-refractivity contribution in [2.24, 2.45) is 0 Å². The molecule has 1 aliphatic heterocycles. The van der Waals surface area contributed by atoms with Crippen molar-refractivity contribution in [3.05, 3.63) is 0 Å². The van der Waals surface area contributed by atoms with Crippen molar-refractivity contribution in [2.45, 2.75) is 71.6 Å². The maximum atomic E-state index is 5.72. The van der Waals surface area contributed by atoms with E-state index in [0.717, 1.165) is 26.2 Å². The number of rotatable bonds is 6. The first-order chi connectivity index (χ1) is 8.35. The molecule has 0 bridgehead atoms. The summed E-state index contributed by atoms with van der Waals surface area (Å²) in [6.07, 6.45) is 2.69. The average Bonchev–Trinajstić information content (AvgIpc) is 2.34. The highest BCUT2D eigenvalue weighted by Gasteiger charge is 2.40. The molecular formula is C15H32N2O. The molecule has 0 amide bonds. The molecule has 18 heavy (non-hydrogen) atoms. The number of piperazine rings is 1. The monoisotopic (exact) mass is 256 g/mol. The number of hydrogen-bond acceptors (Lipinski definition) is 3. The van der Waals surface area contributed by atoms with E-state index < -0.39 is 0 Å². The standard InChI is InChI=1S/C15H32N2O/c1-7-14(5)12-17(9-10-18-13(3)4)15(6,8-2)11-16-14/h13,16H,7-12H2,1-6H3. The molecule has 1 rings (SSSR count). The number of nitrogens with zero attached hydrogens (tertiary/aromatic N) is 1. The Morgan fingerprint density at radius 1 is 1.22 bits per heavy atom. The smallest absolute Gasteiger partial charge is 0.0597 e. The van der Waals surface area contributed by atoms with Crippen LogP contribution in [0, 0.1) is 0 Å². The topological polar surface area (TPSA) is 24.5 Å². The zero-order chi connectivity index (χ0) is 13.8. The largest absolute Gasteiger partial charge is 0.377 e. The van der Waals surface area contributed by atoms with E-state index in [1.54, 1.807) is 0 Å². The van der Waals surface area contributed by atoms with Crippen LogP contribution < -0.4 is 5.32 Å². The van der Waals surface area contributed by atoms with Crippen LogP contribution in [0.15, 0.2) is 0 Å². The Balaban J connectivity index is 2.61. The van der Waals surface area contributed by atoms with Gasteiger partial charge in [0.15, 0.2) is 0 Å². The summed E-state index contributed by atoms with van der Waals surface area (Å²) < 4.78 is 5.72. The van der Waals surface area contributed by atoms with E-state index in [4.69, 9.17) is 4.74 Å². The van der Waals surface area contributed by atoms with Crippen LogP contribution in [0.2, 0.25) is 0 Å². The first-order valence-electron chi connectivity index (χ1n) is 7.47. The van der Waals surface area contributed by atoms with E-state index >= 15 is 0 Å². The van der Waals surface area contributed by atoms with Crippen molar-refractivity contribution in [1.82, 2.24) is 10.2 Å². The molecule has 2 atom stereocenters. The summed E-state index contributed by atoms with van der Waals surface area (Å²) in [6, 6.07) is 0. The molecule has 108 valence electrons. The van der Waals surface area contributed by atoms with E-state index in [2.05, 4.69) is 51.8 Å². The lowest BCUT2D eigenvalue weighted by Gasteiger charge is -2.52. The van der Waals surface area contributed by atoms with Gasteiger partial charge in [-0.05, 0) is 40.5 Å². The van der Waals surface area contributed by atoms with Crippen LogP contribution in [-0.4, -0.2) is 48.3 Å². The van der Waals surface area contributed by atoms with Crippen molar-refractivity contribution >= 4 is 0 Å². The third kappa shape index (κ3) is 3.94. The molecule has 0 aliphatic carbocycles. The van der Waals surface area contributed by atoms with Gasteiger partial charge < -0.3 is 10.1 Å². The summed E-state index contributed by atoms with van der Waals surface area (Å²) >= 11 is 0. The SMILES string of the molecule is CCC1(C)CN(CCOC(C)C)C(C)(CC)CN1. The Morgan fingerprint density at radius 2 is 1.89 bits per heavy atom. The van der Waals surface area contributed by atoms with Gasteiger partial charge in [0.25, 0.3) is 0 Å². The summed E-state index contributed by atoms with van der Waals surface area (Å²) in [5, 5.41) is 3.73. The minimum Gasteiger partial charge on any atom is -0.377 e. The molecule has 0 saturated carbocycles. The second kappa shape index (κ2) is 6.36. The van der Waals surface area contributed by atoms with E-state index in [0.29, 0.717) is 6.10 Å². The molecule has 0 radical (unpaired) electrons. The van der Waals surface area contributed by atoms with Gasteiger partial charge in [0, 0.05) is 30.7 Å². The highest BCUT2D eigenvalue weighted by atomic mass is 16.5. The van der Waals surface area contributed by atoms with Gasteiger partial charge in [-0.1, -0.05) is 13.8 Å². The van der Waals surface area contributed by atoms with Gasteiger partial charge in [-0.3, -0.25) is 4.90 Å². The van der Waals surface area contributed by atoms with Gasteiger partial charge in [0.1, 0.15) is 0 Å². The third-order valence-electron chi connectivity index (χ3n) is 4.55. The van der Waals surface area contributed by atoms with Crippen molar-refractivity contribution in [3.63, 3.8) is 0 Å². The molecule has 1 heterocycles. The summed E-state index contributed by atoms with van der Waals surface area (Å²) in [6.45, 7) is 17.5. The summed E-state index contributed by atoms with van der Waals surface area (Å²) in [4.78, 5) is 2.62. The van der Waals surface area contributed by atoms with Crippen LogP contribution in [0.4, 0.5) is 0 Å². The quantitative estimate of drug-likeness (QED) is 0.791. The molecule has 3 heteroatoms. The summed E-state index contributed by atoms with van der Waals surface area (Å²) in [5.41, 5.74) is 0.529. The molecule has 1 saturated heterocycles. The van der Waals surface area contributed by atoms with Crippen LogP contribution >= 0.6 is 0 Å². The zero-order valence-corrected chi connectivity index (χ0v) is 13.2. The third-order valence-corrected chi connectivity index (χ3v) is 4.55. The van der Waals surface area contributed by atoms with Gasteiger partial charge in [-0.15, -0.1) is 0 Å². The van der Waals surface area contributed by atoms with Crippen LogP contribution in [0.25, 0.3) is 0 Å². The molecule has 1 aliphatic rings. The molecular weight excluding hydrogens is 224 g/mol. The Labute approximate surface area is 113 Å². The van der Waals surface area contributed by atoms with E-state index in [9.17, 15) is 0 Å². The highest BCUT2D eigenvalue weighted by molar-refractivity contribution is 5.00. The maximum absolute atomic E-state index is 5.72. The first kappa shape index (κ1) is 15.9.